The fourth-order valence-corrected chi connectivity index (χ4v) is 2.09. The number of nitrogens with zero attached hydrogens (tertiary/aromatic N) is 2. The number of thioether (sulfide) groups is 1. The lowest BCUT2D eigenvalue weighted by Gasteiger charge is -2.06. The molecule has 0 amide bonds. The monoisotopic (exact) mass is 270 g/mol. The summed E-state index contributed by atoms with van der Waals surface area (Å²) in [5.74, 6) is -2.56. The third-order valence-corrected chi connectivity index (χ3v) is 3.01. The van der Waals surface area contributed by atoms with E-state index < -0.39 is 17.6 Å². The predicted octanol–water partition coefficient (Wildman–Crippen LogP) is 2.33. The minimum Gasteiger partial charge on any atom is -0.481 e. The smallest absolute Gasteiger partial charge is 0.313 e. The first-order chi connectivity index (χ1) is 8.56. The number of carbonyl (C=O) groups is 1. The van der Waals surface area contributed by atoms with Crippen LogP contribution in [0.25, 0.3) is 5.69 Å². The van der Waals surface area contributed by atoms with Gasteiger partial charge in [-0.3, -0.25) is 9.36 Å². The van der Waals surface area contributed by atoms with Crippen molar-refractivity contribution in [2.75, 3.05) is 5.75 Å². The zero-order valence-corrected chi connectivity index (χ0v) is 9.82. The van der Waals surface area contributed by atoms with Gasteiger partial charge in [-0.05, 0) is 12.1 Å². The predicted molar refractivity (Wildman–Crippen MR) is 61.8 cm³/mol. The lowest BCUT2D eigenvalue weighted by atomic mass is 10.3. The summed E-state index contributed by atoms with van der Waals surface area (Å²) in [7, 11) is 0. The van der Waals surface area contributed by atoms with Gasteiger partial charge in [0.1, 0.15) is 11.6 Å². The fourth-order valence-electron chi connectivity index (χ4n) is 1.40. The van der Waals surface area contributed by atoms with Gasteiger partial charge in [-0.15, -0.1) is 0 Å². The number of rotatable bonds is 4. The van der Waals surface area contributed by atoms with Crippen LogP contribution in [0.15, 0.2) is 35.7 Å². The molecule has 2 aromatic rings. The van der Waals surface area contributed by atoms with E-state index in [9.17, 15) is 13.6 Å². The topological polar surface area (TPSA) is 55.1 Å². The molecule has 0 fully saturated rings. The van der Waals surface area contributed by atoms with Gasteiger partial charge in [0.25, 0.3) is 0 Å². The van der Waals surface area contributed by atoms with Gasteiger partial charge in [0.15, 0.2) is 5.16 Å². The van der Waals surface area contributed by atoms with Gasteiger partial charge in [0.2, 0.25) is 0 Å². The molecule has 0 aliphatic heterocycles. The van der Waals surface area contributed by atoms with Gasteiger partial charge in [-0.1, -0.05) is 11.8 Å². The first-order valence-electron chi connectivity index (χ1n) is 4.90. The van der Waals surface area contributed by atoms with Crippen molar-refractivity contribution in [2.24, 2.45) is 0 Å². The van der Waals surface area contributed by atoms with Crippen LogP contribution in [-0.4, -0.2) is 26.4 Å². The highest BCUT2D eigenvalue weighted by atomic mass is 32.2. The van der Waals surface area contributed by atoms with Crippen LogP contribution in [0.1, 0.15) is 0 Å². The lowest BCUT2D eigenvalue weighted by Crippen LogP contribution is -2.02. The summed E-state index contributed by atoms with van der Waals surface area (Å²) in [6.07, 6.45) is 2.95. The lowest BCUT2D eigenvalue weighted by molar-refractivity contribution is -0.133. The van der Waals surface area contributed by atoms with Crippen LogP contribution in [0.4, 0.5) is 8.78 Å². The van der Waals surface area contributed by atoms with Crippen molar-refractivity contribution < 1.29 is 18.7 Å². The van der Waals surface area contributed by atoms with Crippen molar-refractivity contribution >= 4 is 17.7 Å². The molecule has 1 heterocycles. The van der Waals surface area contributed by atoms with E-state index in [-0.39, 0.29) is 11.4 Å². The van der Waals surface area contributed by atoms with E-state index in [1.165, 1.54) is 17.0 Å². The number of aromatic nitrogens is 2. The summed E-state index contributed by atoms with van der Waals surface area (Å²) in [6, 6.07) is 3.07. The normalized spacial score (nSPS) is 10.6. The third kappa shape index (κ3) is 2.86. The van der Waals surface area contributed by atoms with Crippen LogP contribution >= 0.6 is 11.8 Å². The second kappa shape index (κ2) is 5.18. The molecule has 0 aliphatic rings. The van der Waals surface area contributed by atoms with E-state index in [0.717, 1.165) is 30.0 Å². The van der Waals surface area contributed by atoms with Crippen LogP contribution in [0.3, 0.4) is 0 Å². The van der Waals surface area contributed by atoms with Crippen LogP contribution < -0.4 is 0 Å². The standard InChI is InChI=1S/C11H8F2N2O2S/c12-7-3-8(13)5-9(4-7)15-2-1-14-11(15)18-6-10(16)17/h1-5H,6H2,(H,16,17). The summed E-state index contributed by atoms with van der Waals surface area (Å²) < 4.78 is 27.6. The third-order valence-electron chi connectivity index (χ3n) is 2.06. The summed E-state index contributed by atoms with van der Waals surface area (Å²) in [5, 5.41) is 8.95. The highest BCUT2D eigenvalue weighted by Crippen LogP contribution is 2.21. The average Bonchev–Trinajstić information content (AvgIpc) is 2.72. The Morgan fingerprint density at radius 1 is 1.33 bits per heavy atom. The Balaban J connectivity index is 2.33. The Morgan fingerprint density at radius 2 is 2.00 bits per heavy atom. The van der Waals surface area contributed by atoms with Crippen LogP contribution in [0, 0.1) is 11.6 Å². The van der Waals surface area contributed by atoms with Crippen LogP contribution in [0.2, 0.25) is 0 Å². The van der Waals surface area contributed by atoms with Crippen LogP contribution in [0.5, 0.6) is 0 Å². The molecule has 0 unspecified atom stereocenters. The molecular formula is C11H8F2N2O2S. The summed E-state index contributed by atoms with van der Waals surface area (Å²) >= 11 is 0.976. The molecule has 94 valence electrons. The summed E-state index contributed by atoms with van der Waals surface area (Å²) in [6.45, 7) is 0. The Bertz CT molecular complexity index is 566. The highest BCUT2D eigenvalue weighted by molar-refractivity contribution is 7.99. The fraction of sp³-hybridized carbons (Fsp3) is 0.0909. The van der Waals surface area contributed by atoms with E-state index in [1.54, 1.807) is 0 Å². The SMILES string of the molecule is O=C(O)CSc1nccn1-c1cc(F)cc(F)c1. The van der Waals surface area contributed by atoms with Gasteiger partial charge in [0, 0.05) is 18.5 Å². The van der Waals surface area contributed by atoms with E-state index in [1.807, 2.05) is 0 Å². The number of benzene rings is 1. The average molecular weight is 270 g/mol. The molecule has 0 radical (unpaired) electrons. The number of carboxylic acids is 1. The van der Waals surface area contributed by atoms with Crippen molar-refractivity contribution in [3.8, 4) is 5.69 Å². The maximum Gasteiger partial charge on any atom is 0.313 e. The Hall–Kier alpha value is -1.89. The molecule has 1 aromatic carbocycles. The minimum atomic E-state index is -0.986. The molecule has 0 spiro atoms. The van der Waals surface area contributed by atoms with Crippen molar-refractivity contribution in [2.45, 2.75) is 5.16 Å². The zero-order valence-electron chi connectivity index (χ0n) is 9.01. The summed E-state index contributed by atoms with van der Waals surface area (Å²) in [4.78, 5) is 14.4. The van der Waals surface area contributed by atoms with E-state index in [0.29, 0.717) is 5.16 Å². The molecule has 4 nitrogen and oxygen atoms in total. The molecular weight excluding hydrogens is 262 g/mol. The highest BCUT2D eigenvalue weighted by Gasteiger charge is 2.09. The van der Waals surface area contributed by atoms with Crippen molar-refractivity contribution in [3.05, 3.63) is 42.2 Å². The number of hydrogen-bond acceptors (Lipinski definition) is 3. The van der Waals surface area contributed by atoms with Crippen LogP contribution in [-0.2, 0) is 4.79 Å². The largest absolute Gasteiger partial charge is 0.481 e. The molecule has 0 saturated carbocycles. The second-order valence-electron chi connectivity index (χ2n) is 3.39. The van der Waals surface area contributed by atoms with Crippen molar-refractivity contribution in [3.63, 3.8) is 0 Å². The number of hydrogen-bond donors (Lipinski definition) is 1. The van der Waals surface area contributed by atoms with Crippen molar-refractivity contribution in [1.82, 2.24) is 9.55 Å². The molecule has 18 heavy (non-hydrogen) atoms. The number of carboxylic acid groups (broad SMARTS) is 1. The van der Waals surface area contributed by atoms with E-state index in [2.05, 4.69) is 4.98 Å². The molecule has 0 atom stereocenters. The molecule has 0 aliphatic carbocycles. The van der Waals surface area contributed by atoms with Gasteiger partial charge < -0.3 is 5.11 Å². The van der Waals surface area contributed by atoms with Gasteiger partial charge in [-0.2, -0.15) is 0 Å². The van der Waals surface area contributed by atoms with Crippen molar-refractivity contribution in [1.29, 1.82) is 0 Å². The molecule has 7 heteroatoms. The van der Waals surface area contributed by atoms with Gasteiger partial charge in [-0.25, -0.2) is 13.8 Å². The second-order valence-corrected chi connectivity index (χ2v) is 4.33. The Morgan fingerprint density at radius 3 is 2.61 bits per heavy atom. The van der Waals surface area contributed by atoms with Gasteiger partial charge >= 0.3 is 5.97 Å². The first kappa shape index (κ1) is 12.6. The number of halogens is 2. The Kier molecular flexibility index (Phi) is 3.61. The maximum atomic E-state index is 13.1. The zero-order chi connectivity index (χ0) is 13.1. The number of imidazole rings is 1. The Labute approximate surface area is 105 Å². The summed E-state index contributed by atoms with van der Waals surface area (Å²) in [5.41, 5.74) is 0.262. The maximum absolute atomic E-state index is 13.1. The molecule has 0 bridgehead atoms. The molecule has 1 aromatic heterocycles. The first-order valence-corrected chi connectivity index (χ1v) is 5.89. The molecule has 2 rings (SSSR count). The quantitative estimate of drug-likeness (QED) is 0.866. The van der Waals surface area contributed by atoms with E-state index in [4.69, 9.17) is 5.11 Å². The minimum absolute atomic E-state index is 0.172. The van der Waals surface area contributed by atoms with E-state index >= 15 is 0 Å². The van der Waals surface area contributed by atoms with Gasteiger partial charge in [0.05, 0.1) is 11.4 Å². The molecule has 1 N–H and O–H groups in total. The number of aliphatic carboxylic acids is 1. The molecule has 0 saturated heterocycles.